The Morgan fingerprint density at radius 1 is 1.39 bits per heavy atom. The fourth-order valence-electron chi connectivity index (χ4n) is 1.67. The first-order valence-corrected chi connectivity index (χ1v) is 6.83. The quantitative estimate of drug-likeness (QED) is 0.830. The van der Waals surface area contributed by atoms with Gasteiger partial charge in [-0.1, -0.05) is 6.07 Å². The number of ether oxygens (including phenoxy) is 1. The van der Waals surface area contributed by atoms with Crippen LogP contribution in [-0.2, 0) is 32.8 Å². The third kappa shape index (κ3) is 2.53. The van der Waals surface area contributed by atoms with Gasteiger partial charge in [0.1, 0.15) is 6.04 Å². The standard InChI is InChI=1S/C11H13NO5S/c1-7(11(13)14)12-18(15,16)10-3-2-8-5-17-6-9(8)4-10/h2-4,7,12H,5-6H2,1H3,(H,13,14)/t7-/m1/s1. The zero-order valence-corrected chi connectivity index (χ0v) is 10.5. The van der Waals surface area contributed by atoms with Crippen molar-refractivity contribution in [3.05, 3.63) is 29.3 Å². The largest absolute Gasteiger partial charge is 0.480 e. The van der Waals surface area contributed by atoms with Gasteiger partial charge in [0, 0.05) is 0 Å². The summed E-state index contributed by atoms with van der Waals surface area (Å²) in [5.41, 5.74) is 1.78. The molecular formula is C11H13NO5S. The molecule has 0 unspecified atom stereocenters. The van der Waals surface area contributed by atoms with Crippen molar-refractivity contribution in [2.45, 2.75) is 31.1 Å². The molecule has 1 aliphatic rings. The smallest absolute Gasteiger partial charge is 0.321 e. The molecule has 1 aromatic carbocycles. The number of benzene rings is 1. The fourth-order valence-corrected chi connectivity index (χ4v) is 2.91. The van der Waals surface area contributed by atoms with E-state index in [1.54, 1.807) is 6.07 Å². The Labute approximate surface area is 105 Å². The molecule has 18 heavy (non-hydrogen) atoms. The van der Waals surface area contributed by atoms with Gasteiger partial charge in [0.15, 0.2) is 0 Å². The molecule has 0 radical (unpaired) electrons. The number of hydrogen-bond acceptors (Lipinski definition) is 4. The van der Waals surface area contributed by atoms with Gasteiger partial charge in [0.05, 0.1) is 18.1 Å². The van der Waals surface area contributed by atoms with Gasteiger partial charge in [0.2, 0.25) is 10.0 Å². The van der Waals surface area contributed by atoms with Gasteiger partial charge in [-0.3, -0.25) is 4.79 Å². The van der Waals surface area contributed by atoms with Crippen LogP contribution in [0.15, 0.2) is 23.1 Å². The molecule has 2 N–H and O–H groups in total. The molecule has 1 atom stereocenters. The molecule has 98 valence electrons. The maximum Gasteiger partial charge on any atom is 0.321 e. The fraction of sp³-hybridized carbons (Fsp3) is 0.364. The van der Waals surface area contributed by atoms with E-state index in [9.17, 15) is 13.2 Å². The zero-order chi connectivity index (χ0) is 13.3. The van der Waals surface area contributed by atoms with Crippen molar-refractivity contribution in [1.29, 1.82) is 0 Å². The zero-order valence-electron chi connectivity index (χ0n) is 9.71. The van der Waals surface area contributed by atoms with Gasteiger partial charge in [-0.15, -0.1) is 0 Å². The van der Waals surface area contributed by atoms with Crippen LogP contribution in [0.25, 0.3) is 0 Å². The summed E-state index contributed by atoms with van der Waals surface area (Å²) in [4.78, 5) is 10.7. The molecule has 2 rings (SSSR count). The lowest BCUT2D eigenvalue weighted by Gasteiger charge is -2.10. The number of carboxylic acids is 1. The molecule has 1 heterocycles. The minimum absolute atomic E-state index is 0.0554. The van der Waals surface area contributed by atoms with E-state index in [0.29, 0.717) is 13.2 Å². The van der Waals surface area contributed by atoms with E-state index in [1.807, 2.05) is 0 Å². The van der Waals surface area contributed by atoms with Gasteiger partial charge in [-0.25, -0.2) is 8.42 Å². The average molecular weight is 271 g/mol. The minimum atomic E-state index is -3.81. The average Bonchev–Trinajstić information content (AvgIpc) is 2.74. The third-order valence-electron chi connectivity index (χ3n) is 2.71. The molecule has 6 nitrogen and oxygen atoms in total. The number of rotatable bonds is 4. The van der Waals surface area contributed by atoms with Crippen molar-refractivity contribution in [3.8, 4) is 0 Å². The van der Waals surface area contributed by atoms with Crippen LogP contribution in [0, 0.1) is 0 Å². The van der Waals surface area contributed by atoms with E-state index < -0.39 is 22.0 Å². The Morgan fingerprint density at radius 2 is 2.06 bits per heavy atom. The number of fused-ring (bicyclic) bond motifs is 1. The van der Waals surface area contributed by atoms with Crippen LogP contribution in [0.4, 0.5) is 0 Å². The number of sulfonamides is 1. The molecule has 0 bridgehead atoms. The predicted molar refractivity (Wildman–Crippen MR) is 62.4 cm³/mol. The first-order chi connectivity index (χ1) is 8.40. The Hall–Kier alpha value is -1.44. The Morgan fingerprint density at radius 3 is 2.72 bits per heavy atom. The lowest BCUT2D eigenvalue weighted by atomic mass is 10.1. The highest BCUT2D eigenvalue weighted by molar-refractivity contribution is 7.89. The first kappa shape index (κ1) is 13.0. The summed E-state index contributed by atoms with van der Waals surface area (Å²) in [5.74, 6) is -1.22. The van der Waals surface area contributed by atoms with Crippen molar-refractivity contribution >= 4 is 16.0 Å². The molecule has 7 heteroatoms. The van der Waals surface area contributed by atoms with E-state index in [0.717, 1.165) is 11.1 Å². The number of carbonyl (C=O) groups is 1. The van der Waals surface area contributed by atoms with E-state index in [4.69, 9.17) is 9.84 Å². The van der Waals surface area contributed by atoms with Crippen LogP contribution >= 0.6 is 0 Å². The van der Waals surface area contributed by atoms with Crippen LogP contribution in [0.2, 0.25) is 0 Å². The van der Waals surface area contributed by atoms with Crippen LogP contribution in [0.5, 0.6) is 0 Å². The molecule has 0 saturated carbocycles. The second kappa shape index (κ2) is 4.68. The van der Waals surface area contributed by atoms with Gasteiger partial charge >= 0.3 is 5.97 Å². The third-order valence-corrected chi connectivity index (χ3v) is 4.24. The Balaban J connectivity index is 2.28. The maximum atomic E-state index is 11.9. The summed E-state index contributed by atoms with van der Waals surface area (Å²) >= 11 is 0. The summed E-state index contributed by atoms with van der Waals surface area (Å²) in [7, 11) is -3.81. The molecule has 1 aliphatic heterocycles. The lowest BCUT2D eigenvalue weighted by molar-refractivity contribution is -0.138. The second-order valence-electron chi connectivity index (χ2n) is 4.10. The van der Waals surface area contributed by atoms with Gasteiger partial charge in [-0.2, -0.15) is 4.72 Å². The molecule has 0 fully saturated rings. The van der Waals surface area contributed by atoms with Crippen LogP contribution in [-0.4, -0.2) is 25.5 Å². The van der Waals surface area contributed by atoms with Crippen molar-refractivity contribution in [2.75, 3.05) is 0 Å². The highest BCUT2D eigenvalue weighted by Gasteiger charge is 2.23. The first-order valence-electron chi connectivity index (χ1n) is 5.35. The van der Waals surface area contributed by atoms with Crippen LogP contribution in [0.3, 0.4) is 0 Å². The number of aliphatic carboxylic acids is 1. The normalized spacial score (nSPS) is 16.3. The van der Waals surface area contributed by atoms with E-state index in [1.165, 1.54) is 19.1 Å². The molecule has 0 saturated heterocycles. The highest BCUT2D eigenvalue weighted by Crippen LogP contribution is 2.23. The van der Waals surface area contributed by atoms with Crippen molar-refractivity contribution in [1.82, 2.24) is 4.72 Å². The monoisotopic (exact) mass is 271 g/mol. The van der Waals surface area contributed by atoms with E-state index in [2.05, 4.69) is 4.72 Å². The van der Waals surface area contributed by atoms with E-state index >= 15 is 0 Å². The van der Waals surface area contributed by atoms with Gasteiger partial charge in [-0.05, 0) is 30.2 Å². The molecule has 0 amide bonds. The summed E-state index contributed by atoms with van der Waals surface area (Å²) in [5, 5.41) is 8.70. The van der Waals surface area contributed by atoms with Crippen molar-refractivity contribution in [2.24, 2.45) is 0 Å². The highest BCUT2D eigenvalue weighted by atomic mass is 32.2. The summed E-state index contributed by atoms with van der Waals surface area (Å²) in [6.45, 7) is 2.14. The topological polar surface area (TPSA) is 92.7 Å². The van der Waals surface area contributed by atoms with Gasteiger partial charge < -0.3 is 9.84 Å². The Bertz CT molecular complexity index is 581. The SMILES string of the molecule is C[C@@H](NS(=O)(=O)c1ccc2c(c1)COC2)C(=O)O. The van der Waals surface area contributed by atoms with Crippen LogP contribution < -0.4 is 4.72 Å². The predicted octanol–water partition coefficient (Wildman–Crippen LogP) is 0.468. The molecule has 0 spiro atoms. The summed E-state index contributed by atoms with van der Waals surface area (Å²) in [6, 6.07) is 3.48. The Kier molecular flexibility index (Phi) is 3.38. The summed E-state index contributed by atoms with van der Waals surface area (Å²) in [6.07, 6.45) is 0. The summed E-state index contributed by atoms with van der Waals surface area (Å²) < 4.78 is 31.2. The number of carboxylic acid groups (broad SMARTS) is 1. The lowest BCUT2D eigenvalue weighted by Crippen LogP contribution is -2.38. The molecule has 1 aromatic rings. The molecular weight excluding hydrogens is 258 g/mol. The van der Waals surface area contributed by atoms with Crippen molar-refractivity contribution in [3.63, 3.8) is 0 Å². The number of hydrogen-bond donors (Lipinski definition) is 2. The second-order valence-corrected chi connectivity index (χ2v) is 5.82. The number of nitrogens with one attached hydrogen (secondary N) is 1. The van der Waals surface area contributed by atoms with E-state index in [-0.39, 0.29) is 4.90 Å². The van der Waals surface area contributed by atoms with Crippen molar-refractivity contribution < 1.29 is 23.1 Å². The van der Waals surface area contributed by atoms with Crippen LogP contribution in [0.1, 0.15) is 18.1 Å². The maximum absolute atomic E-state index is 11.9. The minimum Gasteiger partial charge on any atom is -0.480 e. The van der Waals surface area contributed by atoms with Gasteiger partial charge in [0.25, 0.3) is 0 Å². The molecule has 0 aromatic heterocycles. The molecule has 0 aliphatic carbocycles.